The average molecular weight is 403 g/mol. The molecule has 4 aromatic rings. The Morgan fingerprint density at radius 3 is 2.28 bits per heavy atom. The van der Waals surface area contributed by atoms with Crippen LogP contribution in [0.25, 0.3) is 33.2 Å². The van der Waals surface area contributed by atoms with Crippen molar-refractivity contribution in [2.24, 2.45) is 0 Å². The van der Waals surface area contributed by atoms with Crippen molar-refractivity contribution in [3.05, 3.63) is 84.8 Å². The molecule has 29 heavy (non-hydrogen) atoms. The first-order valence-electron chi connectivity index (χ1n) is 9.37. The molecule has 2 aromatic heterocycles. The van der Waals surface area contributed by atoms with Gasteiger partial charge in [-0.15, -0.1) is 0 Å². The molecule has 4 rings (SSSR count). The topological polar surface area (TPSA) is 59.9 Å². The second kappa shape index (κ2) is 7.08. The third-order valence-electron chi connectivity index (χ3n) is 5.50. The van der Waals surface area contributed by atoms with Crippen LogP contribution in [0.5, 0.6) is 0 Å². The van der Waals surface area contributed by atoms with E-state index in [9.17, 15) is 8.42 Å². The Bertz CT molecular complexity index is 1300. The highest BCUT2D eigenvalue weighted by Gasteiger charge is 2.33. The van der Waals surface area contributed by atoms with Crippen LogP contribution in [-0.2, 0) is 14.6 Å². The molecule has 0 fully saturated rings. The molecule has 0 aliphatic rings. The van der Waals surface area contributed by atoms with Crippen molar-refractivity contribution in [2.75, 3.05) is 6.26 Å². The van der Waals surface area contributed by atoms with E-state index in [1.807, 2.05) is 60.8 Å². The van der Waals surface area contributed by atoms with Crippen LogP contribution in [0.1, 0.15) is 19.4 Å². The summed E-state index contributed by atoms with van der Waals surface area (Å²) in [6.07, 6.45) is 6.63. The standard InChI is InChI=1S/C24H22N2O2S/c1-24(2,29(3,27)28)21-14-19-9-6-12-26-23(19)22(15-21)18-8-4-7-17(13-18)20-10-5-11-25-16-20/h4-16H,1-3H3. The quantitative estimate of drug-likeness (QED) is 0.468. The molecule has 0 N–H and O–H groups in total. The number of hydrogen-bond donors (Lipinski definition) is 0. The molecule has 0 atom stereocenters. The fourth-order valence-corrected chi connectivity index (χ4v) is 3.92. The Morgan fingerprint density at radius 1 is 0.828 bits per heavy atom. The maximum absolute atomic E-state index is 12.5. The van der Waals surface area contributed by atoms with Crippen LogP contribution in [0.15, 0.2) is 79.3 Å². The number of aromatic nitrogens is 2. The monoisotopic (exact) mass is 402 g/mol. The average Bonchev–Trinajstić information content (AvgIpc) is 2.73. The van der Waals surface area contributed by atoms with Crippen molar-refractivity contribution in [3.63, 3.8) is 0 Å². The molecule has 0 unspecified atom stereocenters. The predicted molar refractivity (Wildman–Crippen MR) is 118 cm³/mol. The van der Waals surface area contributed by atoms with Crippen LogP contribution in [0, 0.1) is 0 Å². The lowest BCUT2D eigenvalue weighted by atomic mass is 9.92. The van der Waals surface area contributed by atoms with Crippen molar-refractivity contribution >= 4 is 20.7 Å². The molecule has 146 valence electrons. The lowest BCUT2D eigenvalue weighted by Gasteiger charge is -2.24. The number of pyridine rings is 2. The van der Waals surface area contributed by atoms with Gasteiger partial charge in [0.2, 0.25) is 0 Å². The molecule has 5 heteroatoms. The summed E-state index contributed by atoms with van der Waals surface area (Å²) < 4.78 is 23.9. The molecule has 2 heterocycles. The van der Waals surface area contributed by atoms with Gasteiger partial charge >= 0.3 is 0 Å². The SMILES string of the molecule is CC(C)(c1cc(-c2cccc(-c3cccnc3)c2)c2ncccc2c1)S(C)(=O)=O. The van der Waals surface area contributed by atoms with E-state index in [0.717, 1.165) is 38.7 Å². The Hall–Kier alpha value is -3.05. The number of nitrogens with zero attached hydrogens (tertiary/aromatic N) is 2. The first-order valence-corrected chi connectivity index (χ1v) is 11.3. The highest BCUT2D eigenvalue weighted by molar-refractivity contribution is 7.91. The Kier molecular flexibility index (Phi) is 4.71. The molecule has 0 saturated carbocycles. The van der Waals surface area contributed by atoms with Crippen LogP contribution < -0.4 is 0 Å². The maximum atomic E-state index is 12.5. The third-order valence-corrected chi connectivity index (χ3v) is 7.59. The molecule has 0 spiro atoms. The van der Waals surface area contributed by atoms with E-state index in [0.29, 0.717) is 0 Å². The zero-order chi connectivity index (χ0) is 20.6. The zero-order valence-corrected chi connectivity index (χ0v) is 17.4. The van der Waals surface area contributed by atoms with Gasteiger partial charge in [-0.1, -0.05) is 30.3 Å². The summed E-state index contributed by atoms with van der Waals surface area (Å²) in [5, 5.41) is 0.920. The fraction of sp³-hybridized carbons (Fsp3) is 0.167. The van der Waals surface area contributed by atoms with Gasteiger partial charge < -0.3 is 0 Å². The predicted octanol–water partition coefficient (Wildman–Crippen LogP) is 5.24. The normalized spacial score (nSPS) is 12.2. The maximum Gasteiger partial charge on any atom is 0.156 e. The lowest BCUT2D eigenvalue weighted by Crippen LogP contribution is -2.28. The number of rotatable bonds is 4. The van der Waals surface area contributed by atoms with Crippen LogP contribution >= 0.6 is 0 Å². The van der Waals surface area contributed by atoms with Gasteiger partial charge in [0, 0.05) is 41.4 Å². The molecule has 0 aliphatic heterocycles. The number of hydrogen-bond acceptors (Lipinski definition) is 4. The number of fused-ring (bicyclic) bond motifs is 1. The number of sulfone groups is 1. The highest BCUT2D eigenvalue weighted by Crippen LogP contribution is 2.37. The minimum absolute atomic E-state index is 0.752. The zero-order valence-electron chi connectivity index (χ0n) is 16.6. The van der Waals surface area contributed by atoms with Gasteiger partial charge in [0.15, 0.2) is 9.84 Å². The highest BCUT2D eigenvalue weighted by atomic mass is 32.2. The Morgan fingerprint density at radius 2 is 1.55 bits per heavy atom. The van der Waals surface area contributed by atoms with E-state index in [-0.39, 0.29) is 0 Å². The molecule has 2 aromatic carbocycles. The van der Waals surface area contributed by atoms with Crippen molar-refractivity contribution < 1.29 is 8.42 Å². The van der Waals surface area contributed by atoms with Gasteiger partial charge in [-0.05, 0) is 60.9 Å². The summed E-state index contributed by atoms with van der Waals surface area (Å²) in [5.74, 6) is 0. The summed E-state index contributed by atoms with van der Waals surface area (Å²) in [4.78, 5) is 8.79. The molecule has 0 bridgehead atoms. The van der Waals surface area contributed by atoms with E-state index in [1.54, 1.807) is 26.2 Å². The van der Waals surface area contributed by atoms with Crippen LogP contribution in [0.3, 0.4) is 0 Å². The van der Waals surface area contributed by atoms with E-state index in [4.69, 9.17) is 0 Å². The molecule has 0 radical (unpaired) electrons. The van der Waals surface area contributed by atoms with Crippen LogP contribution in [0.4, 0.5) is 0 Å². The Balaban J connectivity index is 1.97. The summed E-state index contributed by atoms with van der Waals surface area (Å²) in [6, 6.07) is 19.8. The largest absolute Gasteiger partial charge is 0.264 e. The van der Waals surface area contributed by atoms with Crippen molar-refractivity contribution in [3.8, 4) is 22.3 Å². The minimum Gasteiger partial charge on any atom is -0.264 e. The summed E-state index contributed by atoms with van der Waals surface area (Å²) in [6.45, 7) is 3.49. The summed E-state index contributed by atoms with van der Waals surface area (Å²) in [7, 11) is -3.30. The summed E-state index contributed by atoms with van der Waals surface area (Å²) in [5.41, 5.74) is 5.58. The first-order chi connectivity index (χ1) is 13.8. The fourth-order valence-electron chi connectivity index (χ4n) is 3.37. The van der Waals surface area contributed by atoms with E-state index >= 15 is 0 Å². The van der Waals surface area contributed by atoms with Crippen LogP contribution in [0.2, 0.25) is 0 Å². The molecule has 0 saturated heterocycles. The molecular formula is C24H22N2O2S. The van der Waals surface area contributed by atoms with E-state index < -0.39 is 14.6 Å². The molecule has 0 aliphatic carbocycles. The lowest BCUT2D eigenvalue weighted by molar-refractivity contribution is 0.561. The van der Waals surface area contributed by atoms with Gasteiger partial charge in [0.25, 0.3) is 0 Å². The van der Waals surface area contributed by atoms with E-state index in [1.165, 1.54) is 6.26 Å². The second-order valence-corrected chi connectivity index (χ2v) is 10.3. The Labute approximate surface area is 171 Å². The van der Waals surface area contributed by atoms with Gasteiger partial charge in [-0.3, -0.25) is 9.97 Å². The molecule has 4 nitrogen and oxygen atoms in total. The van der Waals surface area contributed by atoms with Crippen LogP contribution in [-0.4, -0.2) is 24.6 Å². The first kappa shape index (κ1) is 19.3. The number of benzene rings is 2. The van der Waals surface area contributed by atoms with Gasteiger partial charge in [0.1, 0.15) is 0 Å². The van der Waals surface area contributed by atoms with Crippen molar-refractivity contribution in [1.29, 1.82) is 0 Å². The minimum atomic E-state index is -3.30. The smallest absolute Gasteiger partial charge is 0.156 e. The van der Waals surface area contributed by atoms with Crippen molar-refractivity contribution in [1.82, 2.24) is 9.97 Å². The molecule has 0 amide bonds. The molecular weight excluding hydrogens is 380 g/mol. The van der Waals surface area contributed by atoms with Crippen molar-refractivity contribution in [2.45, 2.75) is 18.6 Å². The van der Waals surface area contributed by atoms with Gasteiger partial charge in [-0.25, -0.2) is 8.42 Å². The third kappa shape index (κ3) is 3.54. The second-order valence-electron chi connectivity index (χ2n) is 7.70. The van der Waals surface area contributed by atoms with Gasteiger partial charge in [0.05, 0.1) is 10.3 Å². The summed E-state index contributed by atoms with van der Waals surface area (Å²) >= 11 is 0. The van der Waals surface area contributed by atoms with Gasteiger partial charge in [-0.2, -0.15) is 0 Å². The van der Waals surface area contributed by atoms with E-state index in [2.05, 4.69) is 16.0 Å².